The number of esters is 1. The van der Waals surface area contributed by atoms with Crippen LogP contribution in [0.3, 0.4) is 0 Å². The molecule has 0 aliphatic rings. The zero-order chi connectivity index (χ0) is 22.6. The number of ether oxygens (including phenoxy) is 1. The Kier molecular flexibility index (Phi) is 6.74. The van der Waals surface area contributed by atoms with Crippen LogP contribution in [0.2, 0.25) is 0 Å². The summed E-state index contributed by atoms with van der Waals surface area (Å²) in [5.41, 5.74) is 0.0207. The Morgan fingerprint density at radius 1 is 1.13 bits per heavy atom. The SMILES string of the molecule is CCOC(=O)c1sc2ncnc(NCCNC(=O)c3ccc(C(F)(F)F)cc3)c2c1C. The van der Waals surface area contributed by atoms with Crippen molar-refractivity contribution in [2.24, 2.45) is 0 Å². The van der Waals surface area contributed by atoms with Gasteiger partial charge in [-0.1, -0.05) is 0 Å². The summed E-state index contributed by atoms with van der Waals surface area (Å²) in [6.45, 7) is 4.29. The standard InChI is InChI=1S/C20H19F3N4O3S/c1-3-30-19(29)15-11(2)14-16(26-10-27-18(14)31-15)24-8-9-25-17(28)12-4-6-13(7-5-12)20(21,22)23/h4-7,10H,3,8-9H2,1-2H3,(H,25,28)(H,24,26,27). The Hall–Kier alpha value is -3.21. The van der Waals surface area contributed by atoms with Crippen LogP contribution in [-0.2, 0) is 10.9 Å². The average Bonchev–Trinajstić information content (AvgIpc) is 3.08. The molecule has 0 saturated heterocycles. The number of carbonyl (C=O) groups is 2. The van der Waals surface area contributed by atoms with Crippen LogP contribution in [0.15, 0.2) is 30.6 Å². The van der Waals surface area contributed by atoms with E-state index in [9.17, 15) is 22.8 Å². The molecule has 0 atom stereocenters. The fourth-order valence-electron chi connectivity index (χ4n) is 2.87. The number of hydrogen-bond donors (Lipinski definition) is 2. The van der Waals surface area contributed by atoms with E-state index in [1.165, 1.54) is 17.7 Å². The Morgan fingerprint density at radius 3 is 2.48 bits per heavy atom. The molecule has 3 rings (SSSR count). The second kappa shape index (κ2) is 9.29. The van der Waals surface area contributed by atoms with Crippen LogP contribution in [-0.4, -0.2) is 41.5 Å². The maximum absolute atomic E-state index is 12.6. The van der Waals surface area contributed by atoms with Crippen LogP contribution < -0.4 is 10.6 Å². The van der Waals surface area contributed by atoms with E-state index >= 15 is 0 Å². The van der Waals surface area contributed by atoms with Gasteiger partial charge in [0.05, 0.1) is 17.6 Å². The lowest BCUT2D eigenvalue weighted by Gasteiger charge is -2.10. The van der Waals surface area contributed by atoms with E-state index in [-0.39, 0.29) is 18.7 Å². The number of anilines is 1. The summed E-state index contributed by atoms with van der Waals surface area (Å²) < 4.78 is 42.9. The molecule has 31 heavy (non-hydrogen) atoms. The number of carbonyl (C=O) groups excluding carboxylic acids is 2. The van der Waals surface area contributed by atoms with Crippen LogP contribution in [0.25, 0.3) is 10.2 Å². The monoisotopic (exact) mass is 452 g/mol. The second-order valence-corrected chi connectivity index (χ2v) is 7.44. The minimum atomic E-state index is -4.45. The molecule has 0 unspecified atom stereocenters. The number of nitrogens with zero attached hydrogens (tertiary/aromatic N) is 2. The Bertz CT molecular complexity index is 1100. The molecule has 2 heterocycles. The normalized spacial score (nSPS) is 11.4. The lowest BCUT2D eigenvalue weighted by atomic mass is 10.1. The molecule has 0 aliphatic heterocycles. The molecule has 0 bridgehead atoms. The smallest absolute Gasteiger partial charge is 0.416 e. The molecular formula is C20H19F3N4O3S. The Morgan fingerprint density at radius 2 is 1.84 bits per heavy atom. The van der Waals surface area contributed by atoms with Gasteiger partial charge in [-0.05, 0) is 43.7 Å². The van der Waals surface area contributed by atoms with E-state index in [1.807, 2.05) is 0 Å². The molecule has 0 saturated carbocycles. The molecule has 164 valence electrons. The van der Waals surface area contributed by atoms with Gasteiger partial charge in [0.2, 0.25) is 0 Å². The predicted molar refractivity (Wildman–Crippen MR) is 110 cm³/mol. The third-order valence-electron chi connectivity index (χ3n) is 4.37. The molecule has 1 aromatic carbocycles. The number of rotatable bonds is 7. The topological polar surface area (TPSA) is 93.2 Å². The van der Waals surface area contributed by atoms with Crippen molar-refractivity contribution in [3.63, 3.8) is 0 Å². The molecule has 2 aromatic heterocycles. The first-order valence-electron chi connectivity index (χ1n) is 9.33. The van der Waals surface area contributed by atoms with E-state index in [0.717, 1.165) is 24.3 Å². The first-order valence-corrected chi connectivity index (χ1v) is 10.1. The van der Waals surface area contributed by atoms with Crippen molar-refractivity contribution in [1.29, 1.82) is 0 Å². The summed E-state index contributed by atoms with van der Waals surface area (Å²) in [4.78, 5) is 33.7. The fourth-order valence-corrected chi connectivity index (χ4v) is 3.91. The van der Waals surface area contributed by atoms with Gasteiger partial charge in [0, 0.05) is 18.7 Å². The van der Waals surface area contributed by atoms with E-state index in [1.54, 1.807) is 13.8 Å². The van der Waals surface area contributed by atoms with Gasteiger partial charge in [-0.2, -0.15) is 13.2 Å². The zero-order valence-corrected chi connectivity index (χ0v) is 17.5. The molecule has 0 aliphatic carbocycles. The highest BCUT2D eigenvalue weighted by Crippen LogP contribution is 2.33. The van der Waals surface area contributed by atoms with Crippen molar-refractivity contribution in [2.75, 3.05) is 25.0 Å². The maximum atomic E-state index is 12.6. The molecule has 0 spiro atoms. The van der Waals surface area contributed by atoms with E-state index in [4.69, 9.17) is 4.74 Å². The van der Waals surface area contributed by atoms with Crippen molar-refractivity contribution >= 4 is 39.2 Å². The van der Waals surface area contributed by atoms with Gasteiger partial charge in [0.15, 0.2) is 0 Å². The summed E-state index contributed by atoms with van der Waals surface area (Å²) in [6, 6.07) is 3.99. The Balaban J connectivity index is 1.62. The summed E-state index contributed by atoms with van der Waals surface area (Å²) in [5.74, 6) is -0.393. The molecule has 1 amide bonds. The van der Waals surface area contributed by atoms with Crippen LogP contribution in [0.4, 0.5) is 19.0 Å². The molecule has 0 fully saturated rings. The zero-order valence-electron chi connectivity index (χ0n) is 16.7. The van der Waals surface area contributed by atoms with Gasteiger partial charge in [-0.15, -0.1) is 11.3 Å². The van der Waals surface area contributed by atoms with E-state index < -0.39 is 23.6 Å². The molecule has 11 heteroatoms. The van der Waals surface area contributed by atoms with Crippen molar-refractivity contribution in [1.82, 2.24) is 15.3 Å². The van der Waals surface area contributed by atoms with Crippen LogP contribution in [0.5, 0.6) is 0 Å². The predicted octanol–water partition coefficient (Wildman–Crippen LogP) is 4.04. The summed E-state index contributed by atoms with van der Waals surface area (Å²) in [7, 11) is 0. The Labute approximate surface area is 179 Å². The van der Waals surface area contributed by atoms with E-state index in [0.29, 0.717) is 33.0 Å². The van der Waals surface area contributed by atoms with E-state index in [2.05, 4.69) is 20.6 Å². The van der Waals surface area contributed by atoms with Gasteiger partial charge in [0.1, 0.15) is 21.9 Å². The first kappa shape index (κ1) is 22.5. The lowest BCUT2D eigenvalue weighted by Crippen LogP contribution is -2.29. The van der Waals surface area contributed by atoms with Gasteiger partial charge in [-0.3, -0.25) is 4.79 Å². The first-order chi connectivity index (χ1) is 14.7. The van der Waals surface area contributed by atoms with Crippen LogP contribution >= 0.6 is 11.3 Å². The lowest BCUT2D eigenvalue weighted by molar-refractivity contribution is -0.137. The molecular weight excluding hydrogens is 433 g/mol. The molecule has 2 N–H and O–H groups in total. The van der Waals surface area contributed by atoms with Crippen molar-refractivity contribution in [3.05, 3.63) is 52.2 Å². The number of amides is 1. The van der Waals surface area contributed by atoms with Gasteiger partial charge < -0.3 is 15.4 Å². The number of aryl methyl sites for hydroxylation is 1. The third kappa shape index (κ3) is 5.10. The minimum Gasteiger partial charge on any atom is -0.462 e. The molecule has 7 nitrogen and oxygen atoms in total. The van der Waals surface area contributed by atoms with Crippen molar-refractivity contribution < 1.29 is 27.5 Å². The van der Waals surface area contributed by atoms with Crippen molar-refractivity contribution in [3.8, 4) is 0 Å². The largest absolute Gasteiger partial charge is 0.462 e. The van der Waals surface area contributed by atoms with Gasteiger partial charge in [0.25, 0.3) is 5.91 Å². The number of benzene rings is 1. The number of halogens is 3. The number of alkyl halides is 3. The number of nitrogens with one attached hydrogen (secondary N) is 2. The molecule has 0 radical (unpaired) electrons. The fraction of sp³-hybridized carbons (Fsp3) is 0.300. The highest BCUT2D eigenvalue weighted by molar-refractivity contribution is 7.20. The summed E-state index contributed by atoms with van der Waals surface area (Å²) >= 11 is 1.21. The van der Waals surface area contributed by atoms with Gasteiger partial charge >= 0.3 is 12.1 Å². The highest BCUT2D eigenvalue weighted by Gasteiger charge is 2.30. The highest BCUT2D eigenvalue weighted by atomic mass is 32.1. The number of hydrogen-bond acceptors (Lipinski definition) is 7. The number of fused-ring (bicyclic) bond motifs is 1. The maximum Gasteiger partial charge on any atom is 0.416 e. The quantitative estimate of drug-likeness (QED) is 0.415. The third-order valence-corrected chi connectivity index (χ3v) is 5.54. The average molecular weight is 452 g/mol. The number of aromatic nitrogens is 2. The van der Waals surface area contributed by atoms with Gasteiger partial charge in [-0.25, -0.2) is 14.8 Å². The van der Waals surface area contributed by atoms with Crippen LogP contribution in [0, 0.1) is 6.92 Å². The second-order valence-electron chi connectivity index (χ2n) is 6.44. The van der Waals surface area contributed by atoms with Crippen LogP contribution in [0.1, 0.15) is 38.1 Å². The minimum absolute atomic E-state index is 0.130. The summed E-state index contributed by atoms with van der Waals surface area (Å²) in [5, 5.41) is 6.42. The number of thiophene rings is 1. The molecule has 3 aromatic rings. The van der Waals surface area contributed by atoms with Crippen molar-refractivity contribution in [2.45, 2.75) is 20.0 Å². The summed E-state index contributed by atoms with van der Waals surface area (Å²) in [6.07, 6.45) is -3.08.